The number of rotatable bonds is 64. The fourth-order valence-electron chi connectivity index (χ4n) is 10.9. The molecule has 1 amide bonds. The fraction of sp³-hybridized carbons (Fsp3) is 0.941. The molecule has 0 aromatic heterocycles. The number of amides is 1. The van der Waals surface area contributed by atoms with Crippen molar-refractivity contribution in [3.63, 3.8) is 0 Å². The average molecular weight is 1040 g/mol. The van der Waals surface area contributed by atoms with E-state index >= 15 is 0 Å². The molecule has 0 rings (SSSR count). The maximum absolute atomic E-state index is 12.5. The lowest BCUT2D eigenvalue weighted by Crippen LogP contribution is -2.45. The zero-order chi connectivity index (χ0) is 53.6. The predicted octanol–water partition coefficient (Wildman–Crippen LogP) is 21.6. The summed E-state index contributed by atoms with van der Waals surface area (Å²) in [7, 11) is 0. The molecule has 0 spiro atoms. The second-order valence-corrected chi connectivity index (χ2v) is 23.5. The van der Waals surface area contributed by atoms with Crippen LogP contribution in [0.2, 0.25) is 0 Å². The summed E-state index contributed by atoms with van der Waals surface area (Å²) in [5.41, 5.74) is 0. The Balaban J connectivity index is 3.39. The summed E-state index contributed by atoms with van der Waals surface area (Å²) in [6.07, 6.45) is 78.1. The molecule has 2 atom stereocenters. The number of carbonyl (C=O) groups excluding carboxylic acids is 2. The molecule has 0 saturated heterocycles. The van der Waals surface area contributed by atoms with Gasteiger partial charge in [-0.3, -0.25) is 9.59 Å². The third kappa shape index (κ3) is 59.8. The molecule has 440 valence electrons. The number of hydrogen-bond donors (Lipinski definition) is 3. The van der Waals surface area contributed by atoms with Gasteiger partial charge in [-0.2, -0.15) is 0 Å². The van der Waals surface area contributed by atoms with Crippen LogP contribution < -0.4 is 5.32 Å². The smallest absolute Gasteiger partial charge is 0.305 e. The van der Waals surface area contributed by atoms with Gasteiger partial charge in [-0.05, 0) is 51.4 Å². The summed E-state index contributed by atoms with van der Waals surface area (Å²) in [6.45, 7) is 4.99. The second-order valence-electron chi connectivity index (χ2n) is 23.5. The van der Waals surface area contributed by atoms with Crippen molar-refractivity contribution in [3.8, 4) is 0 Å². The zero-order valence-corrected chi connectivity index (χ0v) is 50.4. The molecule has 0 aliphatic carbocycles. The maximum atomic E-state index is 12.5. The first-order chi connectivity index (χ1) is 36.5. The minimum absolute atomic E-state index is 0.0137. The summed E-state index contributed by atoms with van der Waals surface area (Å²) in [5, 5.41) is 23.4. The lowest BCUT2D eigenvalue weighted by atomic mass is 10.0. The summed E-state index contributed by atoms with van der Waals surface area (Å²) in [5.74, 6) is -0.0251. The SMILES string of the molecule is CCCCCCCCCCCCCCCCCCCCC(=O)OCCCCCCCCCCCC/C=C\CCCCCCCCCC(=O)NC(CO)C(O)CCCCCCCCCCCCCCCCCCCC. The van der Waals surface area contributed by atoms with Crippen molar-refractivity contribution >= 4 is 11.9 Å². The number of aliphatic hydroxyl groups excluding tert-OH is 2. The van der Waals surface area contributed by atoms with E-state index in [1.165, 1.54) is 315 Å². The number of unbranched alkanes of at least 4 members (excludes halogenated alkanes) is 51. The largest absolute Gasteiger partial charge is 0.466 e. The Morgan fingerprint density at radius 1 is 0.365 bits per heavy atom. The van der Waals surface area contributed by atoms with Gasteiger partial charge in [0.2, 0.25) is 5.91 Å². The molecular weight excluding hydrogens is 911 g/mol. The Kier molecular flexibility index (Phi) is 62.9. The zero-order valence-electron chi connectivity index (χ0n) is 50.4. The fourth-order valence-corrected chi connectivity index (χ4v) is 10.9. The molecule has 3 N–H and O–H groups in total. The molecule has 0 heterocycles. The van der Waals surface area contributed by atoms with Crippen molar-refractivity contribution in [2.75, 3.05) is 13.2 Å². The highest BCUT2D eigenvalue weighted by molar-refractivity contribution is 5.76. The van der Waals surface area contributed by atoms with Crippen LogP contribution in [0.3, 0.4) is 0 Å². The van der Waals surface area contributed by atoms with Crippen LogP contribution in [-0.2, 0) is 14.3 Å². The highest BCUT2D eigenvalue weighted by atomic mass is 16.5. The maximum Gasteiger partial charge on any atom is 0.305 e. The molecule has 0 bridgehead atoms. The van der Waals surface area contributed by atoms with Gasteiger partial charge in [-0.25, -0.2) is 0 Å². The minimum atomic E-state index is -0.669. The van der Waals surface area contributed by atoms with Crippen LogP contribution in [0.1, 0.15) is 386 Å². The topological polar surface area (TPSA) is 95.9 Å². The third-order valence-electron chi connectivity index (χ3n) is 16.1. The lowest BCUT2D eigenvalue weighted by Gasteiger charge is -2.22. The van der Waals surface area contributed by atoms with Crippen LogP contribution >= 0.6 is 0 Å². The number of hydrogen-bond acceptors (Lipinski definition) is 5. The van der Waals surface area contributed by atoms with Gasteiger partial charge >= 0.3 is 5.97 Å². The van der Waals surface area contributed by atoms with Crippen LogP contribution in [0.15, 0.2) is 12.2 Å². The van der Waals surface area contributed by atoms with E-state index in [4.69, 9.17) is 4.74 Å². The Labute approximate surface area is 463 Å². The third-order valence-corrected chi connectivity index (χ3v) is 16.1. The molecule has 0 saturated carbocycles. The molecule has 0 aliphatic heterocycles. The Morgan fingerprint density at radius 3 is 0.959 bits per heavy atom. The average Bonchev–Trinajstić information content (AvgIpc) is 3.40. The van der Waals surface area contributed by atoms with Crippen molar-refractivity contribution in [1.29, 1.82) is 0 Å². The number of nitrogens with one attached hydrogen (secondary N) is 1. The van der Waals surface area contributed by atoms with E-state index in [-0.39, 0.29) is 18.5 Å². The quantitative estimate of drug-likeness (QED) is 0.0320. The minimum Gasteiger partial charge on any atom is -0.466 e. The van der Waals surface area contributed by atoms with E-state index < -0.39 is 12.1 Å². The highest BCUT2D eigenvalue weighted by Crippen LogP contribution is 2.19. The first kappa shape index (κ1) is 72.6. The van der Waals surface area contributed by atoms with Crippen LogP contribution in [0, 0.1) is 0 Å². The number of ether oxygens (including phenoxy) is 1. The Bertz CT molecular complexity index is 1110. The second kappa shape index (κ2) is 64.1. The molecule has 0 radical (unpaired) electrons. The molecule has 0 aliphatic rings. The van der Waals surface area contributed by atoms with Crippen molar-refractivity contribution in [2.24, 2.45) is 0 Å². The molecule has 0 aromatic carbocycles. The van der Waals surface area contributed by atoms with Gasteiger partial charge in [-0.15, -0.1) is 0 Å². The van der Waals surface area contributed by atoms with Gasteiger partial charge < -0.3 is 20.3 Å². The van der Waals surface area contributed by atoms with Crippen molar-refractivity contribution in [3.05, 3.63) is 12.2 Å². The van der Waals surface area contributed by atoms with Gasteiger partial charge in [-0.1, -0.05) is 334 Å². The van der Waals surface area contributed by atoms with Crippen molar-refractivity contribution < 1.29 is 24.5 Å². The van der Waals surface area contributed by atoms with Gasteiger partial charge in [0.05, 0.1) is 25.4 Å². The van der Waals surface area contributed by atoms with E-state index in [2.05, 4.69) is 31.3 Å². The van der Waals surface area contributed by atoms with E-state index in [0.717, 1.165) is 38.5 Å². The van der Waals surface area contributed by atoms with E-state index in [9.17, 15) is 19.8 Å². The number of allylic oxidation sites excluding steroid dienone is 2. The van der Waals surface area contributed by atoms with Gasteiger partial charge in [0.25, 0.3) is 0 Å². The molecule has 0 fully saturated rings. The first-order valence-corrected chi connectivity index (χ1v) is 33.9. The van der Waals surface area contributed by atoms with Crippen LogP contribution in [-0.4, -0.2) is 47.4 Å². The van der Waals surface area contributed by atoms with Gasteiger partial charge in [0.1, 0.15) is 0 Å². The number of aliphatic hydroxyl groups is 2. The highest BCUT2D eigenvalue weighted by Gasteiger charge is 2.20. The van der Waals surface area contributed by atoms with E-state index in [1.54, 1.807) is 0 Å². The number of carbonyl (C=O) groups is 2. The van der Waals surface area contributed by atoms with Gasteiger partial charge in [0, 0.05) is 12.8 Å². The predicted molar refractivity (Wildman–Crippen MR) is 324 cm³/mol. The molecule has 6 nitrogen and oxygen atoms in total. The lowest BCUT2D eigenvalue weighted by molar-refractivity contribution is -0.143. The summed E-state index contributed by atoms with van der Waals surface area (Å²) in [4.78, 5) is 24.6. The summed E-state index contributed by atoms with van der Waals surface area (Å²) in [6, 6.07) is -0.547. The molecule has 6 heteroatoms. The van der Waals surface area contributed by atoms with E-state index in [0.29, 0.717) is 25.9 Å². The van der Waals surface area contributed by atoms with Crippen LogP contribution in [0.4, 0.5) is 0 Å². The standard InChI is InChI=1S/C68H133NO5/c1-3-5-7-9-11-13-15-17-19-21-28-32-36-40-44-48-52-56-60-66(71)65(64-70)69-67(72)61-57-53-49-45-41-37-33-29-26-24-23-25-27-31-35-39-43-47-51-55-59-63-74-68(73)62-58-54-50-46-42-38-34-30-22-20-18-16-14-12-10-8-6-4-2/h24,26,65-66,70-71H,3-23,25,27-64H2,1-2H3,(H,69,72)/b26-24-. The summed E-state index contributed by atoms with van der Waals surface area (Å²) >= 11 is 0. The molecule has 0 aromatic rings. The number of esters is 1. The van der Waals surface area contributed by atoms with E-state index in [1.807, 2.05) is 0 Å². The van der Waals surface area contributed by atoms with Crippen molar-refractivity contribution in [1.82, 2.24) is 5.32 Å². The van der Waals surface area contributed by atoms with Gasteiger partial charge in [0.15, 0.2) is 0 Å². The molecular formula is C68H133NO5. The molecule has 2 unspecified atom stereocenters. The normalized spacial score (nSPS) is 12.5. The van der Waals surface area contributed by atoms with Crippen LogP contribution in [0.5, 0.6) is 0 Å². The Morgan fingerprint density at radius 2 is 0.635 bits per heavy atom. The van der Waals surface area contributed by atoms with Crippen LogP contribution in [0.25, 0.3) is 0 Å². The van der Waals surface area contributed by atoms with Crippen molar-refractivity contribution in [2.45, 2.75) is 398 Å². The first-order valence-electron chi connectivity index (χ1n) is 33.9. The molecule has 74 heavy (non-hydrogen) atoms. The summed E-state index contributed by atoms with van der Waals surface area (Å²) < 4.78 is 5.50. The Hall–Kier alpha value is -1.40. The monoisotopic (exact) mass is 1040 g/mol.